The Bertz CT molecular complexity index is 733. The lowest BCUT2D eigenvalue weighted by Gasteiger charge is -2.32. The average Bonchev–Trinajstić information content (AvgIpc) is 2.53. The van der Waals surface area contributed by atoms with Crippen molar-refractivity contribution in [1.82, 2.24) is 10.3 Å². The molecule has 0 spiro atoms. The molecule has 24 heavy (non-hydrogen) atoms. The minimum absolute atomic E-state index is 0.0519. The number of nitrogens with zero attached hydrogens (tertiary/aromatic N) is 1. The minimum atomic E-state index is -4.37. The quantitative estimate of drug-likeness (QED) is 0.900. The maximum Gasteiger partial charge on any atom is 0.416 e. The molecule has 1 aliphatic heterocycles. The van der Waals surface area contributed by atoms with Crippen LogP contribution in [0.15, 0.2) is 24.3 Å². The number of halogens is 3. The molecule has 3 rings (SSSR count). The molecule has 0 bridgehead atoms. The molecule has 2 heterocycles. The van der Waals surface area contributed by atoms with Gasteiger partial charge in [0.2, 0.25) is 0 Å². The number of aryl methyl sites for hydroxylation is 1. The fourth-order valence-electron chi connectivity index (χ4n) is 3.12. The van der Waals surface area contributed by atoms with Gasteiger partial charge in [-0.2, -0.15) is 13.2 Å². The van der Waals surface area contributed by atoms with Gasteiger partial charge in [0.05, 0.1) is 23.2 Å². The highest BCUT2D eigenvalue weighted by molar-refractivity contribution is 5.92. The molecule has 1 aliphatic rings. The number of piperidine rings is 1. The number of alkyl halides is 3. The van der Waals surface area contributed by atoms with E-state index in [1.165, 1.54) is 6.07 Å². The van der Waals surface area contributed by atoms with E-state index in [0.717, 1.165) is 37.3 Å². The number of rotatable bonds is 3. The second-order valence-corrected chi connectivity index (χ2v) is 6.06. The first kappa shape index (κ1) is 17.0. The zero-order chi connectivity index (χ0) is 17.3. The van der Waals surface area contributed by atoms with Crippen LogP contribution < -0.4 is 10.6 Å². The number of aromatic nitrogens is 1. The van der Waals surface area contributed by atoms with Crippen LogP contribution >= 0.6 is 0 Å². The lowest BCUT2D eigenvalue weighted by molar-refractivity contribution is -0.137. The maximum absolute atomic E-state index is 12.9. The van der Waals surface area contributed by atoms with Crippen molar-refractivity contribution in [1.29, 1.82) is 0 Å². The highest BCUT2D eigenvalue weighted by Gasteiger charge is 2.31. The molecule has 2 N–H and O–H groups in total. The van der Waals surface area contributed by atoms with E-state index in [4.69, 9.17) is 4.74 Å². The zero-order valence-electron chi connectivity index (χ0n) is 13.6. The standard InChI is InChI=1S/C17H20F3N3O/c1-10-7-13(23-15-9-21-6-5-16(15)24-2)12-4-3-11(17(18,19)20)8-14(12)22-10/h3-4,7-8,15-16,21H,5-6,9H2,1-2H3,(H,22,23)/t15-,16+/m0/s1. The summed E-state index contributed by atoms with van der Waals surface area (Å²) in [4.78, 5) is 4.26. The second kappa shape index (κ2) is 6.57. The van der Waals surface area contributed by atoms with Gasteiger partial charge in [-0.3, -0.25) is 4.98 Å². The van der Waals surface area contributed by atoms with E-state index in [1.54, 1.807) is 14.0 Å². The Balaban J connectivity index is 1.98. The third-order valence-corrected chi connectivity index (χ3v) is 4.33. The van der Waals surface area contributed by atoms with Gasteiger partial charge in [-0.05, 0) is 38.1 Å². The minimum Gasteiger partial charge on any atom is -0.379 e. The molecule has 1 aromatic heterocycles. The van der Waals surface area contributed by atoms with Crippen molar-refractivity contribution in [2.75, 3.05) is 25.5 Å². The molecule has 0 radical (unpaired) electrons. The van der Waals surface area contributed by atoms with Gasteiger partial charge in [0.25, 0.3) is 0 Å². The van der Waals surface area contributed by atoms with E-state index in [0.29, 0.717) is 16.6 Å². The molecule has 1 fully saturated rings. The summed E-state index contributed by atoms with van der Waals surface area (Å²) in [6.45, 7) is 3.40. The highest BCUT2D eigenvalue weighted by atomic mass is 19.4. The van der Waals surface area contributed by atoms with Gasteiger partial charge in [0.15, 0.2) is 0 Å². The lowest BCUT2D eigenvalue weighted by atomic mass is 10.0. The van der Waals surface area contributed by atoms with Gasteiger partial charge < -0.3 is 15.4 Å². The summed E-state index contributed by atoms with van der Waals surface area (Å²) in [5.41, 5.74) is 1.10. The van der Waals surface area contributed by atoms with E-state index < -0.39 is 11.7 Å². The zero-order valence-corrected chi connectivity index (χ0v) is 13.6. The van der Waals surface area contributed by atoms with Crippen LogP contribution in [0.3, 0.4) is 0 Å². The molecule has 2 atom stereocenters. The number of ether oxygens (including phenoxy) is 1. The Labute approximate surface area is 138 Å². The Hall–Kier alpha value is -1.86. The topological polar surface area (TPSA) is 46.2 Å². The molecule has 0 amide bonds. The van der Waals surface area contributed by atoms with Crippen LogP contribution in [0.4, 0.5) is 18.9 Å². The Morgan fingerprint density at radius 1 is 1.29 bits per heavy atom. The predicted molar refractivity (Wildman–Crippen MR) is 87.2 cm³/mol. The van der Waals surface area contributed by atoms with Crippen molar-refractivity contribution < 1.29 is 17.9 Å². The van der Waals surface area contributed by atoms with Gasteiger partial charge in [0, 0.05) is 30.4 Å². The third kappa shape index (κ3) is 3.47. The van der Waals surface area contributed by atoms with Gasteiger partial charge in [-0.25, -0.2) is 0 Å². The van der Waals surface area contributed by atoms with Crippen LogP contribution in [-0.4, -0.2) is 37.3 Å². The SMILES string of the molecule is CO[C@@H]1CCNC[C@@H]1Nc1cc(C)nc2cc(C(F)(F)F)ccc12. The fraction of sp³-hybridized carbons (Fsp3) is 0.471. The summed E-state index contributed by atoms with van der Waals surface area (Å²) in [5.74, 6) is 0. The molecular formula is C17H20F3N3O. The first-order chi connectivity index (χ1) is 11.4. The third-order valence-electron chi connectivity index (χ3n) is 4.33. The molecule has 0 unspecified atom stereocenters. The van der Waals surface area contributed by atoms with Crippen LogP contribution in [0.2, 0.25) is 0 Å². The van der Waals surface area contributed by atoms with Crippen molar-refractivity contribution >= 4 is 16.6 Å². The van der Waals surface area contributed by atoms with Crippen LogP contribution in [0.1, 0.15) is 17.7 Å². The molecule has 0 aliphatic carbocycles. The Kier molecular flexibility index (Phi) is 4.64. The molecule has 0 saturated carbocycles. The van der Waals surface area contributed by atoms with Crippen LogP contribution in [0, 0.1) is 6.92 Å². The summed E-state index contributed by atoms with van der Waals surface area (Å²) in [5, 5.41) is 7.39. The lowest BCUT2D eigenvalue weighted by Crippen LogP contribution is -2.49. The molecule has 2 aromatic rings. The van der Waals surface area contributed by atoms with Gasteiger partial charge in [-0.1, -0.05) is 6.07 Å². The molecule has 130 valence electrons. The molecular weight excluding hydrogens is 319 g/mol. The number of pyridine rings is 1. The summed E-state index contributed by atoms with van der Waals surface area (Å²) in [6.07, 6.45) is -3.43. The van der Waals surface area contributed by atoms with Gasteiger partial charge >= 0.3 is 6.18 Å². The number of nitrogens with one attached hydrogen (secondary N) is 2. The molecule has 1 aromatic carbocycles. The number of fused-ring (bicyclic) bond motifs is 1. The van der Waals surface area contributed by atoms with Crippen molar-refractivity contribution in [2.24, 2.45) is 0 Å². The van der Waals surface area contributed by atoms with Crippen LogP contribution in [-0.2, 0) is 10.9 Å². The van der Waals surface area contributed by atoms with E-state index >= 15 is 0 Å². The van der Waals surface area contributed by atoms with Crippen LogP contribution in [0.25, 0.3) is 10.9 Å². The predicted octanol–water partition coefficient (Wildman–Crippen LogP) is 3.35. The van der Waals surface area contributed by atoms with E-state index in [-0.39, 0.29) is 12.1 Å². The number of anilines is 1. The summed E-state index contributed by atoms with van der Waals surface area (Å²) < 4.78 is 44.3. The van der Waals surface area contributed by atoms with Crippen molar-refractivity contribution in [3.8, 4) is 0 Å². The first-order valence-electron chi connectivity index (χ1n) is 7.87. The largest absolute Gasteiger partial charge is 0.416 e. The van der Waals surface area contributed by atoms with E-state index in [9.17, 15) is 13.2 Å². The highest BCUT2D eigenvalue weighted by Crippen LogP contribution is 2.33. The number of hydrogen-bond acceptors (Lipinski definition) is 4. The number of benzene rings is 1. The van der Waals surface area contributed by atoms with Crippen molar-refractivity contribution in [2.45, 2.75) is 31.7 Å². The number of methoxy groups -OCH3 is 1. The Morgan fingerprint density at radius 2 is 2.08 bits per heavy atom. The smallest absolute Gasteiger partial charge is 0.379 e. The number of hydrogen-bond donors (Lipinski definition) is 2. The van der Waals surface area contributed by atoms with Crippen LogP contribution in [0.5, 0.6) is 0 Å². The molecule has 1 saturated heterocycles. The second-order valence-electron chi connectivity index (χ2n) is 6.06. The van der Waals surface area contributed by atoms with Crippen molar-refractivity contribution in [3.05, 3.63) is 35.5 Å². The van der Waals surface area contributed by atoms with Crippen molar-refractivity contribution in [3.63, 3.8) is 0 Å². The normalized spacial score (nSPS) is 21.9. The van der Waals surface area contributed by atoms with Gasteiger partial charge in [-0.15, -0.1) is 0 Å². The van der Waals surface area contributed by atoms with E-state index in [1.807, 2.05) is 6.07 Å². The first-order valence-corrected chi connectivity index (χ1v) is 7.87. The van der Waals surface area contributed by atoms with Gasteiger partial charge in [0.1, 0.15) is 0 Å². The monoisotopic (exact) mass is 339 g/mol. The molecule has 4 nitrogen and oxygen atoms in total. The fourth-order valence-corrected chi connectivity index (χ4v) is 3.12. The summed E-state index contributed by atoms with van der Waals surface area (Å²) in [6, 6.07) is 5.58. The summed E-state index contributed by atoms with van der Waals surface area (Å²) >= 11 is 0. The Morgan fingerprint density at radius 3 is 2.79 bits per heavy atom. The van der Waals surface area contributed by atoms with E-state index in [2.05, 4.69) is 15.6 Å². The molecule has 7 heteroatoms. The average molecular weight is 339 g/mol. The summed E-state index contributed by atoms with van der Waals surface area (Å²) in [7, 11) is 1.68. The maximum atomic E-state index is 12.9.